The first-order chi connectivity index (χ1) is 9.10. The van der Waals surface area contributed by atoms with Crippen molar-refractivity contribution in [2.75, 3.05) is 26.3 Å². The highest BCUT2D eigenvalue weighted by molar-refractivity contribution is 5.79. The zero-order valence-corrected chi connectivity index (χ0v) is 10.7. The molecular formula is C12H20N2O5. The van der Waals surface area contributed by atoms with Crippen molar-refractivity contribution in [3.8, 4) is 0 Å². The lowest BCUT2D eigenvalue weighted by atomic mass is 9.89. The highest BCUT2D eigenvalue weighted by Gasteiger charge is 2.52. The van der Waals surface area contributed by atoms with Crippen LogP contribution in [0.1, 0.15) is 19.3 Å². The average molecular weight is 272 g/mol. The van der Waals surface area contributed by atoms with E-state index in [0.717, 1.165) is 12.8 Å². The van der Waals surface area contributed by atoms with Gasteiger partial charge in [0, 0.05) is 25.2 Å². The molecule has 3 N–H and O–H groups in total. The second-order valence-corrected chi connectivity index (χ2v) is 5.10. The molecule has 2 rings (SSSR count). The van der Waals surface area contributed by atoms with E-state index in [1.807, 2.05) is 0 Å². The lowest BCUT2D eigenvalue weighted by molar-refractivity contribution is -0.142. The van der Waals surface area contributed by atoms with Crippen molar-refractivity contribution in [1.29, 1.82) is 0 Å². The Hall–Kier alpha value is -1.34. The molecule has 2 heterocycles. The zero-order valence-electron chi connectivity index (χ0n) is 10.7. The van der Waals surface area contributed by atoms with E-state index in [1.54, 1.807) is 4.90 Å². The van der Waals surface area contributed by atoms with Gasteiger partial charge in [0.25, 0.3) is 0 Å². The summed E-state index contributed by atoms with van der Waals surface area (Å²) < 4.78 is 0. The number of aliphatic carboxylic acids is 1. The number of rotatable bonds is 5. The Morgan fingerprint density at radius 2 is 1.79 bits per heavy atom. The van der Waals surface area contributed by atoms with Crippen LogP contribution in [0.3, 0.4) is 0 Å². The van der Waals surface area contributed by atoms with Gasteiger partial charge in [-0.25, -0.2) is 4.79 Å². The predicted molar refractivity (Wildman–Crippen MR) is 65.5 cm³/mol. The van der Waals surface area contributed by atoms with Crippen molar-refractivity contribution in [1.82, 2.24) is 9.80 Å². The summed E-state index contributed by atoms with van der Waals surface area (Å²) >= 11 is 0. The number of carbonyl (C=O) groups excluding carboxylic acids is 1. The Labute approximate surface area is 111 Å². The van der Waals surface area contributed by atoms with Crippen molar-refractivity contribution in [2.24, 2.45) is 5.92 Å². The van der Waals surface area contributed by atoms with Crippen LogP contribution in [0.15, 0.2) is 0 Å². The number of fused-ring (bicyclic) bond motifs is 2. The molecule has 2 saturated heterocycles. The molecule has 2 aliphatic rings. The lowest BCUT2D eigenvalue weighted by Gasteiger charge is -2.30. The summed E-state index contributed by atoms with van der Waals surface area (Å²) in [6.45, 7) is -0.0192. The fourth-order valence-electron chi connectivity index (χ4n) is 3.26. The summed E-state index contributed by atoms with van der Waals surface area (Å²) in [7, 11) is 0. The number of aliphatic hydroxyl groups is 2. The topological polar surface area (TPSA) is 101 Å². The number of amides is 2. The van der Waals surface area contributed by atoms with Gasteiger partial charge in [-0.15, -0.1) is 0 Å². The summed E-state index contributed by atoms with van der Waals surface area (Å²) in [4.78, 5) is 26.6. The Kier molecular flexibility index (Phi) is 4.26. The molecule has 2 fully saturated rings. The summed E-state index contributed by atoms with van der Waals surface area (Å²) in [5, 5.41) is 27.1. The third-order valence-electron chi connectivity index (χ3n) is 4.09. The van der Waals surface area contributed by atoms with Gasteiger partial charge in [0.15, 0.2) is 0 Å². The molecule has 0 saturated carbocycles. The standard InChI is InChI=1S/C12H20N2O5/c15-5-3-13(4-6-16)12(19)14-8-1-2-10(14)9(7-8)11(17)18/h8-10,15-16H,1-7H2,(H,17,18). The third-order valence-corrected chi connectivity index (χ3v) is 4.09. The molecule has 0 radical (unpaired) electrons. The maximum atomic E-state index is 12.4. The van der Waals surface area contributed by atoms with Crippen molar-refractivity contribution in [3.63, 3.8) is 0 Å². The molecule has 0 aliphatic carbocycles. The van der Waals surface area contributed by atoms with Gasteiger partial charge >= 0.3 is 12.0 Å². The lowest BCUT2D eigenvalue weighted by Crippen LogP contribution is -2.48. The average Bonchev–Trinajstić information content (AvgIpc) is 2.95. The first kappa shape index (κ1) is 14.1. The van der Waals surface area contributed by atoms with Gasteiger partial charge in [0.2, 0.25) is 0 Å². The molecule has 108 valence electrons. The number of carboxylic acids is 1. The van der Waals surface area contributed by atoms with Crippen LogP contribution in [0.2, 0.25) is 0 Å². The summed E-state index contributed by atoms with van der Waals surface area (Å²) in [5.74, 6) is -1.33. The Balaban J connectivity index is 2.09. The smallest absolute Gasteiger partial charge is 0.320 e. The van der Waals surface area contributed by atoms with Crippen molar-refractivity contribution in [2.45, 2.75) is 31.3 Å². The van der Waals surface area contributed by atoms with Gasteiger partial charge in [0.1, 0.15) is 0 Å². The van der Waals surface area contributed by atoms with Crippen LogP contribution in [0.4, 0.5) is 4.79 Å². The Morgan fingerprint density at radius 3 is 2.26 bits per heavy atom. The third kappa shape index (κ3) is 2.52. The highest BCUT2D eigenvalue weighted by atomic mass is 16.4. The molecule has 0 aromatic heterocycles. The number of hydrogen-bond donors (Lipinski definition) is 3. The van der Waals surface area contributed by atoms with E-state index in [2.05, 4.69) is 0 Å². The molecule has 2 aliphatic heterocycles. The molecule has 0 aromatic carbocycles. The maximum absolute atomic E-state index is 12.4. The van der Waals surface area contributed by atoms with Crippen molar-refractivity contribution >= 4 is 12.0 Å². The van der Waals surface area contributed by atoms with Crippen molar-refractivity contribution in [3.05, 3.63) is 0 Å². The van der Waals surface area contributed by atoms with E-state index in [0.29, 0.717) is 6.42 Å². The second kappa shape index (κ2) is 5.75. The molecular weight excluding hydrogens is 252 g/mol. The fraction of sp³-hybridized carbons (Fsp3) is 0.833. The molecule has 19 heavy (non-hydrogen) atoms. The number of nitrogens with zero attached hydrogens (tertiary/aromatic N) is 2. The first-order valence-corrected chi connectivity index (χ1v) is 6.62. The molecule has 3 atom stereocenters. The predicted octanol–water partition coefficient (Wildman–Crippen LogP) is -0.670. The minimum atomic E-state index is -0.846. The second-order valence-electron chi connectivity index (χ2n) is 5.10. The van der Waals surface area contributed by atoms with Crippen LogP contribution in [-0.4, -0.2) is 75.5 Å². The van der Waals surface area contributed by atoms with E-state index in [1.165, 1.54) is 4.90 Å². The Bertz CT molecular complexity index is 356. The number of urea groups is 1. The zero-order chi connectivity index (χ0) is 14.0. The minimum absolute atomic E-state index is 0.0153. The van der Waals surface area contributed by atoms with Gasteiger partial charge < -0.3 is 25.1 Å². The van der Waals surface area contributed by atoms with E-state index in [-0.39, 0.29) is 44.4 Å². The highest BCUT2D eigenvalue weighted by Crippen LogP contribution is 2.42. The molecule has 2 bridgehead atoms. The van der Waals surface area contributed by atoms with Gasteiger partial charge in [-0.05, 0) is 19.3 Å². The summed E-state index contributed by atoms with van der Waals surface area (Å²) in [6, 6.07) is -0.521. The van der Waals surface area contributed by atoms with Crippen LogP contribution in [0.25, 0.3) is 0 Å². The van der Waals surface area contributed by atoms with Gasteiger partial charge in [-0.1, -0.05) is 0 Å². The van der Waals surface area contributed by atoms with Crippen LogP contribution in [0.5, 0.6) is 0 Å². The number of carboxylic acid groups (broad SMARTS) is 1. The van der Waals surface area contributed by atoms with E-state index in [9.17, 15) is 9.59 Å². The molecule has 0 aromatic rings. The van der Waals surface area contributed by atoms with Crippen LogP contribution < -0.4 is 0 Å². The Morgan fingerprint density at radius 1 is 1.16 bits per heavy atom. The normalized spacial score (nSPS) is 28.7. The molecule has 3 unspecified atom stereocenters. The van der Waals surface area contributed by atoms with Crippen LogP contribution in [-0.2, 0) is 4.79 Å². The minimum Gasteiger partial charge on any atom is -0.481 e. The quantitative estimate of drug-likeness (QED) is 0.616. The maximum Gasteiger partial charge on any atom is 0.320 e. The molecule has 0 spiro atoms. The van der Waals surface area contributed by atoms with Crippen molar-refractivity contribution < 1.29 is 24.9 Å². The summed E-state index contributed by atoms with van der Waals surface area (Å²) in [6.07, 6.45) is 2.07. The van der Waals surface area contributed by atoms with Gasteiger partial charge in [0.05, 0.1) is 19.1 Å². The van der Waals surface area contributed by atoms with E-state index < -0.39 is 11.9 Å². The van der Waals surface area contributed by atoms with E-state index in [4.69, 9.17) is 15.3 Å². The van der Waals surface area contributed by atoms with E-state index >= 15 is 0 Å². The SMILES string of the molecule is O=C(O)C1CC2CCC1N2C(=O)N(CCO)CCO. The summed E-state index contributed by atoms with van der Waals surface area (Å²) in [5.41, 5.74) is 0. The fourth-order valence-corrected chi connectivity index (χ4v) is 3.26. The van der Waals surface area contributed by atoms with Gasteiger partial charge in [-0.2, -0.15) is 0 Å². The number of aliphatic hydroxyl groups excluding tert-OH is 2. The molecule has 7 heteroatoms. The molecule has 7 nitrogen and oxygen atoms in total. The van der Waals surface area contributed by atoms with Crippen LogP contribution >= 0.6 is 0 Å². The monoisotopic (exact) mass is 272 g/mol. The first-order valence-electron chi connectivity index (χ1n) is 6.62. The number of carbonyl (C=O) groups is 2. The van der Waals surface area contributed by atoms with Gasteiger partial charge in [-0.3, -0.25) is 4.79 Å². The van der Waals surface area contributed by atoms with Crippen LogP contribution in [0, 0.1) is 5.92 Å². The number of hydrogen-bond acceptors (Lipinski definition) is 4. The molecule has 2 amide bonds. The largest absolute Gasteiger partial charge is 0.481 e.